The summed E-state index contributed by atoms with van der Waals surface area (Å²) in [5.41, 5.74) is 0. The van der Waals surface area contributed by atoms with Gasteiger partial charge in [-0.3, -0.25) is 4.99 Å². The maximum Gasteiger partial charge on any atom is 0.156 e. The molecular weight excluding hydrogens is 194 g/mol. The van der Waals surface area contributed by atoms with E-state index < -0.39 is 0 Å². The Morgan fingerprint density at radius 1 is 1.57 bits per heavy atom. The lowest BCUT2D eigenvalue weighted by molar-refractivity contribution is 0.137. The second-order valence-corrected chi connectivity index (χ2v) is 5.54. The standard InChI is InChI=1S/C10H19N3S/c1-8-3-11-10(14-7-8)12-4-9-5-13(2)6-9/h8-9H,3-7H2,1-2H3,(H,11,12). The number of nitrogens with one attached hydrogen (secondary N) is 1. The Bertz CT molecular complexity index is 223. The van der Waals surface area contributed by atoms with Gasteiger partial charge < -0.3 is 10.2 Å². The molecule has 0 bridgehead atoms. The fourth-order valence-corrected chi connectivity index (χ4v) is 2.75. The molecule has 1 N–H and O–H groups in total. The van der Waals surface area contributed by atoms with Gasteiger partial charge in [-0.2, -0.15) is 0 Å². The van der Waals surface area contributed by atoms with Crippen molar-refractivity contribution in [3.8, 4) is 0 Å². The minimum atomic E-state index is 0.750. The van der Waals surface area contributed by atoms with Crippen LogP contribution in [0.25, 0.3) is 0 Å². The minimum Gasteiger partial charge on any atom is -0.365 e. The largest absolute Gasteiger partial charge is 0.365 e. The van der Waals surface area contributed by atoms with Crippen LogP contribution in [-0.4, -0.2) is 49.0 Å². The van der Waals surface area contributed by atoms with E-state index in [1.807, 2.05) is 11.8 Å². The van der Waals surface area contributed by atoms with Crippen molar-refractivity contribution in [1.29, 1.82) is 0 Å². The number of hydrogen-bond acceptors (Lipinski definition) is 4. The van der Waals surface area contributed by atoms with E-state index in [9.17, 15) is 0 Å². The quantitative estimate of drug-likeness (QED) is 0.738. The summed E-state index contributed by atoms with van der Waals surface area (Å²) in [4.78, 5) is 6.87. The van der Waals surface area contributed by atoms with Crippen molar-refractivity contribution in [2.45, 2.75) is 6.92 Å². The Morgan fingerprint density at radius 2 is 2.36 bits per heavy atom. The highest BCUT2D eigenvalue weighted by molar-refractivity contribution is 8.13. The number of thioether (sulfide) groups is 1. The first-order valence-corrected chi connectivity index (χ1v) is 6.32. The molecule has 0 spiro atoms. The molecule has 0 aromatic rings. The normalized spacial score (nSPS) is 29.6. The van der Waals surface area contributed by atoms with Crippen LogP contribution >= 0.6 is 11.8 Å². The molecule has 1 fully saturated rings. The van der Waals surface area contributed by atoms with Gasteiger partial charge in [0.05, 0.1) is 0 Å². The molecule has 2 aliphatic heterocycles. The number of nitrogens with zero attached hydrogens (tertiary/aromatic N) is 2. The van der Waals surface area contributed by atoms with Crippen LogP contribution in [0.3, 0.4) is 0 Å². The molecule has 1 unspecified atom stereocenters. The molecule has 0 aromatic carbocycles. The molecule has 0 saturated carbocycles. The highest BCUT2D eigenvalue weighted by Gasteiger charge is 2.23. The van der Waals surface area contributed by atoms with Crippen molar-refractivity contribution in [1.82, 2.24) is 10.2 Å². The lowest BCUT2D eigenvalue weighted by Gasteiger charge is -2.36. The molecule has 14 heavy (non-hydrogen) atoms. The van der Waals surface area contributed by atoms with E-state index in [0.29, 0.717) is 0 Å². The van der Waals surface area contributed by atoms with Gasteiger partial charge in [-0.05, 0) is 13.0 Å². The third-order valence-corrected chi connectivity index (χ3v) is 4.02. The minimum absolute atomic E-state index is 0.750. The topological polar surface area (TPSA) is 27.6 Å². The average Bonchev–Trinajstić information content (AvgIpc) is 2.13. The van der Waals surface area contributed by atoms with Crippen LogP contribution in [0.2, 0.25) is 0 Å². The van der Waals surface area contributed by atoms with E-state index in [1.165, 1.54) is 18.8 Å². The Labute approximate surface area is 90.3 Å². The van der Waals surface area contributed by atoms with Gasteiger partial charge in [0, 0.05) is 37.8 Å². The summed E-state index contributed by atoms with van der Waals surface area (Å²) in [5, 5.41) is 4.62. The molecule has 0 aromatic heterocycles. The summed E-state index contributed by atoms with van der Waals surface area (Å²) in [6.45, 7) is 6.83. The Balaban J connectivity index is 1.66. The van der Waals surface area contributed by atoms with Gasteiger partial charge in [0.2, 0.25) is 0 Å². The number of likely N-dealkylation sites (tertiary alicyclic amines) is 1. The maximum absolute atomic E-state index is 4.51. The molecule has 2 rings (SSSR count). The first-order chi connectivity index (χ1) is 6.74. The Kier molecular flexibility index (Phi) is 3.34. The summed E-state index contributed by atoms with van der Waals surface area (Å²) in [5.74, 6) is 2.80. The summed E-state index contributed by atoms with van der Waals surface area (Å²) in [6, 6.07) is 0. The van der Waals surface area contributed by atoms with Crippen molar-refractivity contribution in [2.75, 3.05) is 39.0 Å². The number of hydrogen-bond donors (Lipinski definition) is 1. The van der Waals surface area contributed by atoms with Crippen molar-refractivity contribution in [2.24, 2.45) is 16.8 Å². The van der Waals surface area contributed by atoms with Gasteiger partial charge in [-0.1, -0.05) is 18.7 Å². The molecule has 4 heteroatoms. The summed E-state index contributed by atoms with van der Waals surface area (Å²) < 4.78 is 0. The van der Waals surface area contributed by atoms with E-state index in [1.54, 1.807) is 0 Å². The molecule has 0 aliphatic carbocycles. The molecule has 0 amide bonds. The van der Waals surface area contributed by atoms with E-state index in [4.69, 9.17) is 0 Å². The lowest BCUT2D eigenvalue weighted by atomic mass is 10.0. The lowest BCUT2D eigenvalue weighted by Crippen LogP contribution is -2.49. The fourth-order valence-electron chi connectivity index (χ4n) is 1.85. The number of rotatable bonds is 2. The van der Waals surface area contributed by atoms with Crippen molar-refractivity contribution in [3.63, 3.8) is 0 Å². The summed E-state index contributed by atoms with van der Waals surface area (Å²) in [7, 11) is 2.17. The van der Waals surface area contributed by atoms with Crippen LogP contribution in [-0.2, 0) is 0 Å². The van der Waals surface area contributed by atoms with Crippen molar-refractivity contribution in [3.05, 3.63) is 0 Å². The van der Waals surface area contributed by atoms with Gasteiger partial charge >= 0.3 is 0 Å². The van der Waals surface area contributed by atoms with Gasteiger partial charge in [0.1, 0.15) is 0 Å². The van der Waals surface area contributed by atoms with E-state index in [-0.39, 0.29) is 0 Å². The van der Waals surface area contributed by atoms with Gasteiger partial charge in [-0.15, -0.1) is 0 Å². The summed E-state index contributed by atoms with van der Waals surface area (Å²) in [6.07, 6.45) is 0. The van der Waals surface area contributed by atoms with Crippen LogP contribution in [0.5, 0.6) is 0 Å². The summed E-state index contributed by atoms with van der Waals surface area (Å²) >= 11 is 1.87. The van der Waals surface area contributed by atoms with Gasteiger partial charge in [0.25, 0.3) is 0 Å². The smallest absolute Gasteiger partial charge is 0.156 e. The monoisotopic (exact) mass is 213 g/mol. The SMILES string of the molecule is CC1CN=C(NCC2CN(C)C2)SC1. The highest BCUT2D eigenvalue weighted by Crippen LogP contribution is 2.17. The molecule has 2 aliphatic rings. The second kappa shape index (κ2) is 4.53. The third kappa shape index (κ3) is 2.64. The average molecular weight is 213 g/mol. The molecule has 80 valence electrons. The molecule has 1 atom stereocenters. The van der Waals surface area contributed by atoms with Crippen molar-refractivity contribution < 1.29 is 0 Å². The number of aliphatic imine (C=N–C) groups is 1. The zero-order chi connectivity index (χ0) is 9.97. The Hall–Kier alpha value is -0.220. The van der Waals surface area contributed by atoms with E-state index in [0.717, 1.165) is 30.1 Å². The Morgan fingerprint density at radius 3 is 2.93 bits per heavy atom. The first kappa shape index (κ1) is 10.3. The maximum atomic E-state index is 4.51. The molecule has 3 nitrogen and oxygen atoms in total. The zero-order valence-corrected chi connectivity index (χ0v) is 9.81. The van der Waals surface area contributed by atoms with Crippen LogP contribution in [0.4, 0.5) is 0 Å². The molecule has 2 heterocycles. The van der Waals surface area contributed by atoms with E-state index in [2.05, 4.69) is 29.2 Å². The molecule has 1 saturated heterocycles. The fraction of sp³-hybridized carbons (Fsp3) is 0.900. The van der Waals surface area contributed by atoms with E-state index >= 15 is 0 Å². The molecule has 0 radical (unpaired) electrons. The van der Waals surface area contributed by atoms with Crippen LogP contribution in [0.1, 0.15) is 6.92 Å². The van der Waals surface area contributed by atoms with Crippen LogP contribution in [0.15, 0.2) is 4.99 Å². The highest BCUT2D eigenvalue weighted by atomic mass is 32.2. The first-order valence-electron chi connectivity index (χ1n) is 5.33. The van der Waals surface area contributed by atoms with Gasteiger partial charge in [-0.25, -0.2) is 0 Å². The van der Waals surface area contributed by atoms with Crippen LogP contribution < -0.4 is 5.32 Å². The number of amidine groups is 1. The third-order valence-electron chi connectivity index (χ3n) is 2.73. The zero-order valence-electron chi connectivity index (χ0n) is 8.99. The second-order valence-electron chi connectivity index (χ2n) is 4.53. The predicted octanol–water partition coefficient (Wildman–Crippen LogP) is 0.877. The molecular formula is C10H19N3S. The van der Waals surface area contributed by atoms with Gasteiger partial charge in [0.15, 0.2) is 5.17 Å². The predicted molar refractivity (Wildman–Crippen MR) is 62.9 cm³/mol. The van der Waals surface area contributed by atoms with Crippen LogP contribution in [0, 0.1) is 11.8 Å². The van der Waals surface area contributed by atoms with Crippen molar-refractivity contribution >= 4 is 16.9 Å².